The number of aryl methyl sites for hydroxylation is 1. The maximum absolute atomic E-state index is 12.6. The van der Waals surface area contributed by atoms with Crippen LogP contribution in [0.3, 0.4) is 0 Å². The molecule has 30 heavy (non-hydrogen) atoms. The molecule has 0 atom stereocenters. The molecule has 1 aliphatic heterocycles. The zero-order chi connectivity index (χ0) is 21.1. The number of sulfonamides is 1. The van der Waals surface area contributed by atoms with Gasteiger partial charge in [-0.25, -0.2) is 13.1 Å². The van der Waals surface area contributed by atoms with Crippen LogP contribution in [0.2, 0.25) is 5.02 Å². The molecule has 2 aliphatic rings. The Morgan fingerprint density at radius 2 is 1.73 bits per heavy atom. The Balaban J connectivity index is 1.26. The predicted molar refractivity (Wildman–Crippen MR) is 118 cm³/mol. The van der Waals surface area contributed by atoms with E-state index in [1.165, 1.54) is 0 Å². The first-order valence-electron chi connectivity index (χ1n) is 10.3. The first-order chi connectivity index (χ1) is 14.4. The first-order valence-corrected chi connectivity index (χ1v) is 12.2. The molecular weight excluding hydrogens is 422 g/mol. The second kappa shape index (κ2) is 8.96. The molecule has 0 unspecified atom stereocenters. The molecule has 6 nitrogen and oxygen atoms in total. The van der Waals surface area contributed by atoms with E-state index in [0.717, 1.165) is 37.2 Å². The molecule has 1 saturated heterocycles. The Morgan fingerprint density at radius 1 is 1.03 bits per heavy atom. The molecule has 2 aromatic rings. The summed E-state index contributed by atoms with van der Waals surface area (Å²) < 4.78 is 27.1. The molecule has 8 heteroatoms. The van der Waals surface area contributed by atoms with E-state index in [-0.39, 0.29) is 16.8 Å². The average molecular weight is 448 g/mol. The highest BCUT2D eigenvalue weighted by atomic mass is 35.5. The lowest BCUT2D eigenvalue weighted by Gasteiger charge is -2.36. The number of carbonyl (C=O) groups excluding carboxylic acids is 1. The topological polar surface area (TPSA) is 69.7 Å². The lowest BCUT2D eigenvalue weighted by atomic mass is 10.1. The fourth-order valence-electron chi connectivity index (χ4n) is 3.62. The van der Waals surface area contributed by atoms with E-state index in [1.54, 1.807) is 24.3 Å². The van der Waals surface area contributed by atoms with Crippen molar-refractivity contribution in [3.63, 3.8) is 0 Å². The van der Waals surface area contributed by atoms with E-state index >= 15 is 0 Å². The summed E-state index contributed by atoms with van der Waals surface area (Å²) in [6.07, 6.45) is 2.84. The smallest absolute Gasteiger partial charge is 0.240 e. The molecular formula is C22H26ClN3O3S. The van der Waals surface area contributed by atoms with Gasteiger partial charge in [0.25, 0.3) is 0 Å². The minimum atomic E-state index is -3.43. The summed E-state index contributed by atoms with van der Waals surface area (Å²) in [6, 6.07) is 14.7. The van der Waals surface area contributed by atoms with Gasteiger partial charge < -0.3 is 9.80 Å². The highest BCUT2D eigenvalue weighted by Crippen LogP contribution is 2.23. The summed E-state index contributed by atoms with van der Waals surface area (Å²) in [5.74, 6) is 0.132. The highest BCUT2D eigenvalue weighted by Gasteiger charge is 2.28. The van der Waals surface area contributed by atoms with E-state index in [9.17, 15) is 13.2 Å². The van der Waals surface area contributed by atoms with Gasteiger partial charge in [-0.05, 0) is 55.2 Å². The zero-order valence-electron chi connectivity index (χ0n) is 16.8. The molecule has 2 fully saturated rings. The molecule has 1 amide bonds. The van der Waals surface area contributed by atoms with Crippen LogP contribution < -0.4 is 9.62 Å². The van der Waals surface area contributed by atoms with E-state index in [1.807, 2.05) is 29.2 Å². The zero-order valence-corrected chi connectivity index (χ0v) is 18.3. The van der Waals surface area contributed by atoms with Crippen LogP contribution in [0, 0.1) is 0 Å². The van der Waals surface area contributed by atoms with Crippen LogP contribution in [0.25, 0.3) is 0 Å². The first kappa shape index (κ1) is 21.2. The van der Waals surface area contributed by atoms with Crippen molar-refractivity contribution in [2.24, 2.45) is 0 Å². The van der Waals surface area contributed by atoms with Gasteiger partial charge in [0.2, 0.25) is 15.9 Å². The van der Waals surface area contributed by atoms with Crippen LogP contribution >= 0.6 is 11.6 Å². The maximum atomic E-state index is 12.6. The molecule has 1 saturated carbocycles. The highest BCUT2D eigenvalue weighted by molar-refractivity contribution is 7.89. The molecule has 0 spiro atoms. The van der Waals surface area contributed by atoms with E-state index in [0.29, 0.717) is 31.0 Å². The molecule has 1 N–H and O–H groups in total. The molecule has 0 bridgehead atoms. The number of hydrogen-bond acceptors (Lipinski definition) is 4. The summed E-state index contributed by atoms with van der Waals surface area (Å²) in [6.45, 7) is 2.95. The van der Waals surface area contributed by atoms with Gasteiger partial charge in [-0.15, -0.1) is 0 Å². The van der Waals surface area contributed by atoms with Gasteiger partial charge in [0.15, 0.2) is 0 Å². The van der Waals surface area contributed by atoms with Gasteiger partial charge in [-0.2, -0.15) is 0 Å². The fraction of sp³-hybridized carbons (Fsp3) is 0.409. The van der Waals surface area contributed by atoms with Crippen molar-refractivity contribution in [3.05, 3.63) is 59.1 Å². The Hall–Kier alpha value is -2.09. The van der Waals surface area contributed by atoms with Crippen LogP contribution in [-0.4, -0.2) is 51.4 Å². The van der Waals surface area contributed by atoms with E-state index in [2.05, 4.69) is 9.62 Å². The molecule has 0 aromatic heterocycles. The number of nitrogens with one attached hydrogen (secondary N) is 1. The Morgan fingerprint density at radius 3 is 2.37 bits per heavy atom. The molecule has 160 valence electrons. The summed E-state index contributed by atoms with van der Waals surface area (Å²) in [7, 11) is -3.43. The van der Waals surface area contributed by atoms with Crippen molar-refractivity contribution < 1.29 is 13.2 Å². The van der Waals surface area contributed by atoms with Crippen LogP contribution in [0.5, 0.6) is 0 Å². The largest absolute Gasteiger partial charge is 0.368 e. The van der Waals surface area contributed by atoms with E-state index < -0.39 is 10.0 Å². The maximum Gasteiger partial charge on any atom is 0.240 e. The predicted octanol–water partition coefficient (Wildman–Crippen LogP) is 3.06. The van der Waals surface area contributed by atoms with Gasteiger partial charge in [0.05, 0.1) is 4.90 Å². The third-order valence-electron chi connectivity index (χ3n) is 5.57. The number of carbonyl (C=O) groups is 1. The van der Waals surface area contributed by atoms with Gasteiger partial charge in [0, 0.05) is 49.4 Å². The number of rotatable bonds is 7. The standard InChI is InChI=1S/C22H26ClN3O3S/c23-18-2-1-3-20(16-18)25-12-14-26(15-13-25)22(27)11-6-17-4-9-21(10-5-17)30(28,29)24-19-7-8-19/h1-5,9-10,16,19,24H,6-8,11-15H2. The molecule has 1 heterocycles. The van der Waals surface area contributed by atoms with Crippen molar-refractivity contribution in [2.45, 2.75) is 36.6 Å². The summed E-state index contributed by atoms with van der Waals surface area (Å²) in [5, 5.41) is 0.716. The van der Waals surface area contributed by atoms with Crippen molar-refractivity contribution in [2.75, 3.05) is 31.1 Å². The summed E-state index contributed by atoms with van der Waals surface area (Å²) in [4.78, 5) is 17.0. The lowest BCUT2D eigenvalue weighted by molar-refractivity contribution is -0.131. The normalized spacial score (nSPS) is 17.2. The molecule has 0 radical (unpaired) electrons. The quantitative estimate of drug-likeness (QED) is 0.708. The van der Waals surface area contributed by atoms with Crippen LogP contribution in [-0.2, 0) is 21.2 Å². The van der Waals surface area contributed by atoms with Crippen LogP contribution in [0.15, 0.2) is 53.4 Å². The Labute approximate surface area is 182 Å². The Kier molecular flexibility index (Phi) is 6.32. The Bertz CT molecular complexity index is 999. The average Bonchev–Trinajstić information content (AvgIpc) is 3.56. The number of amides is 1. The summed E-state index contributed by atoms with van der Waals surface area (Å²) in [5.41, 5.74) is 2.05. The minimum Gasteiger partial charge on any atom is -0.368 e. The van der Waals surface area contributed by atoms with Gasteiger partial charge in [-0.1, -0.05) is 29.8 Å². The lowest BCUT2D eigenvalue weighted by Crippen LogP contribution is -2.48. The summed E-state index contributed by atoms with van der Waals surface area (Å²) >= 11 is 6.07. The minimum absolute atomic E-state index is 0.0895. The monoisotopic (exact) mass is 447 g/mol. The molecule has 4 rings (SSSR count). The van der Waals surface area contributed by atoms with E-state index in [4.69, 9.17) is 11.6 Å². The second-order valence-electron chi connectivity index (χ2n) is 7.89. The third-order valence-corrected chi connectivity index (χ3v) is 7.34. The van der Waals surface area contributed by atoms with Crippen LogP contribution in [0.1, 0.15) is 24.8 Å². The molecule has 2 aromatic carbocycles. The number of hydrogen-bond donors (Lipinski definition) is 1. The molecule has 1 aliphatic carbocycles. The second-order valence-corrected chi connectivity index (χ2v) is 10.0. The number of nitrogens with zero attached hydrogens (tertiary/aromatic N) is 2. The number of halogens is 1. The van der Waals surface area contributed by atoms with Gasteiger partial charge in [0.1, 0.15) is 0 Å². The van der Waals surface area contributed by atoms with Crippen LogP contribution in [0.4, 0.5) is 5.69 Å². The number of benzene rings is 2. The number of piperazine rings is 1. The van der Waals surface area contributed by atoms with Gasteiger partial charge in [-0.3, -0.25) is 4.79 Å². The van der Waals surface area contributed by atoms with Crippen molar-refractivity contribution in [3.8, 4) is 0 Å². The van der Waals surface area contributed by atoms with Crippen molar-refractivity contribution >= 4 is 33.2 Å². The third kappa shape index (κ3) is 5.33. The van der Waals surface area contributed by atoms with Crippen molar-refractivity contribution in [1.82, 2.24) is 9.62 Å². The SMILES string of the molecule is O=C(CCc1ccc(S(=O)(=O)NC2CC2)cc1)N1CCN(c2cccc(Cl)c2)CC1. The van der Waals surface area contributed by atoms with Crippen molar-refractivity contribution in [1.29, 1.82) is 0 Å². The van der Waals surface area contributed by atoms with Gasteiger partial charge >= 0.3 is 0 Å². The number of anilines is 1. The fourth-order valence-corrected chi connectivity index (χ4v) is 5.11.